The molecule has 0 aliphatic carbocycles. The standard InChI is InChI=1S/2C8H8O3S.H3N.Na/c1-2-7-5-3-4-6-8(7)12(9,10)11;9-12(10,11)7-6-8-4-2-1-3-5-8;;/h2-6H,1H2,(H,9,10,11);1-7H,(H,9,10,11);1H3;/q;;;+1/p-1. The summed E-state index contributed by atoms with van der Waals surface area (Å²) in [7, 11) is -8.37. The Morgan fingerprint density at radius 1 is 0.923 bits per heavy atom. The number of hydrogen-bond donors (Lipinski definition) is 2. The minimum atomic E-state index is -4.37. The van der Waals surface area contributed by atoms with E-state index >= 15 is 0 Å². The van der Waals surface area contributed by atoms with Gasteiger partial charge in [0.2, 0.25) is 0 Å². The number of rotatable bonds is 4. The van der Waals surface area contributed by atoms with Gasteiger partial charge in [-0.3, -0.25) is 4.55 Å². The van der Waals surface area contributed by atoms with E-state index in [1.54, 1.807) is 30.3 Å². The molecule has 136 valence electrons. The zero-order chi connectivity index (χ0) is 18.2. The van der Waals surface area contributed by atoms with E-state index in [0.717, 1.165) is 11.0 Å². The average molecular weight is 407 g/mol. The molecule has 10 heteroatoms. The molecule has 0 saturated carbocycles. The summed E-state index contributed by atoms with van der Waals surface area (Å²) < 4.78 is 60.7. The molecule has 0 atom stereocenters. The molecule has 2 aromatic carbocycles. The Labute approximate surface area is 175 Å². The summed E-state index contributed by atoms with van der Waals surface area (Å²) in [5.41, 5.74) is 1.07. The van der Waals surface area contributed by atoms with Crippen molar-refractivity contribution in [3.8, 4) is 0 Å². The molecule has 26 heavy (non-hydrogen) atoms. The Morgan fingerprint density at radius 3 is 1.85 bits per heavy atom. The first-order chi connectivity index (χ1) is 11.1. The van der Waals surface area contributed by atoms with Gasteiger partial charge in [-0.15, -0.1) is 0 Å². The molecule has 7 nitrogen and oxygen atoms in total. The largest absolute Gasteiger partial charge is 1.00 e. The Bertz CT molecular complexity index is 926. The predicted molar refractivity (Wildman–Crippen MR) is 96.5 cm³/mol. The fourth-order valence-electron chi connectivity index (χ4n) is 1.61. The quantitative estimate of drug-likeness (QED) is 0.533. The first-order valence-electron chi connectivity index (χ1n) is 6.51. The van der Waals surface area contributed by atoms with Crippen molar-refractivity contribution in [2.45, 2.75) is 4.90 Å². The van der Waals surface area contributed by atoms with Crippen LogP contribution in [0.15, 0.2) is 71.5 Å². The van der Waals surface area contributed by atoms with Crippen molar-refractivity contribution >= 4 is 32.4 Å². The number of benzene rings is 2. The van der Waals surface area contributed by atoms with Crippen LogP contribution in [0.25, 0.3) is 12.2 Å². The molecular formula is C16H18NNaO6S2. The van der Waals surface area contributed by atoms with Crippen LogP contribution >= 0.6 is 0 Å². The fourth-order valence-corrected chi connectivity index (χ4v) is 2.62. The van der Waals surface area contributed by atoms with Crippen molar-refractivity contribution in [1.82, 2.24) is 6.15 Å². The van der Waals surface area contributed by atoms with Crippen LogP contribution in [0.5, 0.6) is 0 Å². The molecule has 0 radical (unpaired) electrons. The second kappa shape index (κ2) is 12.2. The van der Waals surface area contributed by atoms with Crippen LogP contribution in [0.1, 0.15) is 11.1 Å². The van der Waals surface area contributed by atoms with Gasteiger partial charge in [-0.2, -0.15) is 8.42 Å². The molecule has 0 saturated heterocycles. The summed E-state index contributed by atoms with van der Waals surface area (Å²) in [5, 5.41) is 0.752. The number of hydrogen-bond acceptors (Lipinski definition) is 6. The van der Waals surface area contributed by atoms with Crippen LogP contribution in [-0.2, 0) is 20.2 Å². The third-order valence-electron chi connectivity index (χ3n) is 2.64. The maximum Gasteiger partial charge on any atom is 1.00 e. The Morgan fingerprint density at radius 2 is 1.42 bits per heavy atom. The zero-order valence-corrected chi connectivity index (χ0v) is 17.8. The van der Waals surface area contributed by atoms with E-state index < -0.39 is 20.2 Å². The second-order valence-electron chi connectivity index (χ2n) is 4.42. The zero-order valence-electron chi connectivity index (χ0n) is 14.1. The van der Waals surface area contributed by atoms with Crippen molar-refractivity contribution in [1.29, 1.82) is 0 Å². The van der Waals surface area contributed by atoms with Crippen LogP contribution in [0, 0.1) is 0 Å². The summed E-state index contributed by atoms with van der Waals surface area (Å²) >= 11 is 0. The van der Waals surface area contributed by atoms with Crippen molar-refractivity contribution in [3.05, 3.63) is 77.7 Å². The van der Waals surface area contributed by atoms with Gasteiger partial charge in [0.15, 0.2) is 0 Å². The van der Waals surface area contributed by atoms with Crippen molar-refractivity contribution in [2.24, 2.45) is 0 Å². The van der Waals surface area contributed by atoms with Gasteiger partial charge in [-0.05, 0) is 23.3 Å². The molecule has 0 spiro atoms. The van der Waals surface area contributed by atoms with E-state index in [0.29, 0.717) is 5.56 Å². The van der Waals surface area contributed by atoms with E-state index in [9.17, 15) is 21.4 Å². The van der Waals surface area contributed by atoms with Crippen LogP contribution < -0.4 is 35.7 Å². The molecule has 0 aliphatic heterocycles. The Balaban J connectivity index is 0. The molecule has 4 N–H and O–H groups in total. The minimum Gasteiger partial charge on any atom is -0.744 e. The smallest absolute Gasteiger partial charge is 0.744 e. The van der Waals surface area contributed by atoms with Crippen LogP contribution in [0.2, 0.25) is 0 Å². The third-order valence-corrected chi connectivity index (χ3v) is 4.03. The Kier molecular flexibility index (Phi) is 12.6. The van der Waals surface area contributed by atoms with Gasteiger partial charge < -0.3 is 10.7 Å². The van der Waals surface area contributed by atoms with Crippen molar-refractivity contribution in [3.63, 3.8) is 0 Å². The van der Waals surface area contributed by atoms with Crippen LogP contribution in [0.4, 0.5) is 0 Å². The monoisotopic (exact) mass is 407 g/mol. The van der Waals surface area contributed by atoms with Crippen molar-refractivity contribution in [2.75, 3.05) is 0 Å². The minimum absolute atomic E-state index is 0. The summed E-state index contributed by atoms with van der Waals surface area (Å²) in [5.74, 6) is 0. The summed E-state index contributed by atoms with van der Waals surface area (Å²) in [6.07, 6.45) is 2.67. The van der Waals surface area contributed by atoms with Crippen molar-refractivity contribution < 1.29 is 55.5 Å². The molecule has 0 heterocycles. The van der Waals surface area contributed by atoms with Crippen LogP contribution in [-0.4, -0.2) is 25.9 Å². The van der Waals surface area contributed by atoms with Crippen LogP contribution in [0.3, 0.4) is 0 Å². The predicted octanol–water partition coefficient (Wildman–Crippen LogP) is -0.0552. The summed E-state index contributed by atoms with van der Waals surface area (Å²) in [4.78, 5) is -0.222. The van der Waals surface area contributed by atoms with E-state index in [1.165, 1.54) is 30.4 Å². The van der Waals surface area contributed by atoms with Gasteiger partial charge in [0.05, 0.1) is 10.3 Å². The van der Waals surface area contributed by atoms with E-state index in [1.807, 2.05) is 6.07 Å². The average Bonchev–Trinajstić information content (AvgIpc) is 2.53. The summed E-state index contributed by atoms with van der Waals surface area (Å²) in [6.45, 7) is 3.40. The van der Waals surface area contributed by atoms with Gasteiger partial charge >= 0.3 is 29.6 Å². The summed E-state index contributed by atoms with van der Waals surface area (Å²) in [6, 6.07) is 14.8. The fraction of sp³-hybridized carbons (Fsp3) is 0. The van der Waals surface area contributed by atoms with Gasteiger partial charge in [0.1, 0.15) is 10.1 Å². The molecule has 2 rings (SSSR count). The Hall–Kier alpha value is -1.30. The van der Waals surface area contributed by atoms with Gasteiger partial charge in [0, 0.05) is 0 Å². The first kappa shape index (κ1) is 26.9. The molecule has 0 aromatic heterocycles. The SMILES string of the molecule is C=Cc1ccccc1S(=O)(=O)[O-].N.O=S(=O)(O)C=Cc1ccccc1.[Na+]. The van der Waals surface area contributed by atoms with E-state index in [4.69, 9.17) is 4.55 Å². The van der Waals surface area contributed by atoms with Gasteiger partial charge in [0.25, 0.3) is 10.1 Å². The molecule has 0 fully saturated rings. The molecule has 0 bridgehead atoms. The molecule has 0 aliphatic rings. The first-order valence-corrected chi connectivity index (χ1v) is 9.42. The normalized spacial score (nSPS) is 10.7. The molecule has 0 unspecified atom stereocenters. The molecule has 0 amide bonds. The van der Waals surface area contributed by atoms with E-state index in [2.05, 4.69) is 6.58 Å². The second-order valence-corrected chi connectivity index (χ2v) is 7.07. The van der Waals surface area contributed by atoms with Gasteiger partial charge in [-0.25, -0.2) is 8.42 Å². The maximum absolute atomic E-state index is 10.6. The topological polar surface area (TPSA) is 147 Å². The van der Waals surface area contributed by atoms with Gasteiger partial charge in [-0.1, -0.05) is 61.2 Å². The van der Waals surface area contributed by atoms with E-state index in [-0.39, 0.29) is 40.6 Å². The molecule has 2 aromatic rings. The third kappa shape index (κ3) is 10.6. The molecular weight excluding hydrogens is 389 g/mol. The maximum atomic E-state index is 10.6.